The molecular formula is C17H16BrFN2O3. The molecule has 2 aromatic carbocycles. The van der Waals surface area contributed by atoms with Gasteiger partial charge in [0.15, 0.2) is 6.61 Å². The zero-order chi connectivity index (χ0) is 17.5. The molecule has 0 unspecified atom stereocenters. The van der Waals surface area contributed by atoms with E-state index in [-0.39, 0.29) is 18.4 Å². The van der Waals surface area contributed by atoms with Crippen molar-refractivity contribution in [2.45, 2.75) is 6.92 Å². The summed E-state index contributed by atoms with van der Waals surface area (Å²) in [5.74, 6) is -0.636. The average Bonchev–Trinajstić information content (AvgIpc) is 2.54. The highest BCUT2D eigenvalue weighted by molar-refractivity contribution is 9.10. The lowest BCUT2D eigenvalue weighted by Crippen LogP contribution is -2.23. The Morgan fingerprint density at radius 2 is 2.00 bits per heavy atom. The molecule has 0 aliphatic heterocycles. The van der Waals surface area contributed by atoms with E-state index in [0.717, 1.165) is 0 Å². The van der Waals surface area contributed by atoms with Crippen molar-refractivity contribution in [3.05, 3.63) is 58.3 Å². The number of carbonyl (C=O) groups is 2. The van der Waals surface area contributed by atoms with Crippen LogP contribution in [-0.4, -0.2) is 25.0 Å². The van der Waals surface area contributed by atoms with E-state index in [9.17, 15) is 14.0 Å². The van der Waals surface area contributed by atoms with Crippen molar-refractivity contribution in [3.63, 3.8) is 0 Å². The molecule has 0 heterocycles. The van der Waals surface area contributed by atoms with Gasteiger partial charge in [-0.1, -0.05) is 6.07 Å². The first-order valence-electron chi connectivity index (χ1n) is 7.25. The highest BCUT2D eigenvalue weighted by Crippen LogP contribution is 2.25. The Labute approximate surface area is 147 Å². The van der Waals surface area contributed by atoms with Crippen LogP contribution in [0.1, 0.15) is 17.3 Å². The quantitative estimate of drug-likeness (QED) is 0.789. The van der Waals surface area contributed by atoms with Crippen LogP contribution in [0, 0.1) is 5.82 Å². The Bertz CT molecular complexity index is 752. The van der Waals surface area contributed by atoms with Crippen molar-refractivity contribution >= 4 is 33.4 Å². The van der Waals surface area contributed by atoms with Crippen LogP contribution in [0.2, 0.25) is 0 Å². The molecule has 0 aromatic heterocycles. The molecule has 126 valence electrons. The molecule has 24 heavy (non-hydrogen) atoms. The van der Waals surface area contributed by atoms with E-state index in [1.54, 1.807) is 24.3 Å². The monoisotopic (exact) mass is 394 g/mol. The minimum atomic E-state index is -0.402. The number of benzene rings is 2. The third-order valence-electron chi connectivity index (χ3n) is 3.00. The van der Waals surface area contributed by atoms with Gasteiger partial charge in [0.05, 0.1) is 4.47 Å². The van der Waals surface area contributed by atoms with Crippen LogP contribution in [0.5, 0.6) is 5.75 Å². The van der Waals surface area contributed by atoms with Crippen molar-refractivity contribution in [1.82, 2.24) is 5.32 Å². The van der Waals surface area contributed by atoms with E-state index in [0.29, 0.717) is 28.0 Å². The predicted molar refractivity (Wildman–Crippen MR) is 92.7 cm³/mol. The maximum atomic E-state index is 13.0. The zero-order valence-corrected chi connectivity index (χ0v) is 14.5. The van der Waals surface area contributed by atoms with Crippen molar-refractivity contribution in [2.24, 2.45) is 0 Å². The third kappa shape index (κ3) is 5.06. The molecule has 0 aliphatic rings. The molecule has 0 fully saturated rings. The number of ether oxygens (including phenoxy) is 1. The van der Waals surface area contributed by atoms with Crippen LogP contribution in [0.25, 0.3) is 0 Å². The number of hydrogen-bond donors (Lipinski definition) is 2. The van der Waals surface area contributed by atoms with Crippen molar-refractivity contribution in [2.75, 3.05) is 18.5 Å². The fourth-order valence-electron chi connectivity index (χ4n) is 1.93. The number of hydrogen-bond acceptors (Lipinski definition) is 3. The molecule has 0 atom stereocenters. The van der Waals surface area contributed by atoms with E-state index >= 15 is 0 Å². The second kappa shape index (κ2) is 8.44. The highest BCUT2D eigenvalue weighted by atomic mass is 79.9. The fourth-order valence-corrected chi connectivity index (χ4v) is 2.40. The fraction of sp³-hybridized carbons (Fsp3) is 0.176. The normalized spacial score (nSPS) is 10.1. The van der Waals surface area contributed by atoms with E-state index in [4.69, 9.17) is 4.74 Å². The molecule has 7 heteroatoms. The Morgan fingerprint density at radius 3 is 2.71 bits per heavy atom. The summed E-state index contributed by atoms with van der Waals surface area (Å²) in [7, 11) is 0. The summed E-state index contributed by atoms with van der Waals surface area (Å²) < 4.78 is 18.8. The first kappa shape index (κ1) is 17.9. The lowest BCUT2D eigenvalue weighted by Gasteiger charge is -2.10. The van der Waals surface area contributed by atoms with E-state index in [1.165, 1.54) is 18.2 Å². The molecule has 0 bridgehead atoms. The smallest absolute Gasteiger partial charge is 0.262 e. The Balaban J connectivity index is 1.95. The number of amides is 2. The largest absolute Gasteiger partial charge is 0.483 e. The second-order valence-electron chi connectivity index (χ2n) is 4.85. The van der Waals surface area contributed by atoms with Gasteiger partial charge in [0.25, 0.3) is 11.8 Å². The van der Waals surface area contributed by atoms with Gasteiger partial charge in [-0.25, -0.2) is 4.39 Å². The van der Waals surface area contributed by atoms with Crippen LogP contribution in [0.4, 0.5) is 10.1 Å². The van der Waals surface area contributed by atoms with E-state index in [2.05, 4.69) is 26.6 Å². The molecule has 2 N–H and O–H groups in total. The molecular weight excluding hydrogens is 379 g/mol. The number of carbonyl (C=O) groups excluding carboxylic acids is 2. The molecule has 2 rings (SSSR count). The first-order valence-corrected chi connectivity index (χ1v) is 8.05. The van der Waals surface area contributed by atoms with Crippen molar-refractivity contribution in [1.29, 1.82) is 0 Å². The van der Waals surface area contributed by atoms with E-state index in [1.807, 2.05) is 6.92 Å². The molecule has 0 spiro atoms. The maximum absolute atomic E-state index is 13.0. The van der Waals surface area contributed by atoms with Gasteiger partial charge < -0.3 is 15.4 Å². The summed E-state index contributed by atoms with van der Waals surface area (Å²) in [5, 5.41) is 5.33. The van der Waals surface area contributed by atoms with Gasteiger partial charge in [-0.15, -0.1) is 0 Å². The van der Waals surface area contributed by atoms with Crippen molar-refractivity contribution in [3.8, 4) is 5.75 Å². The number of halogens is 2. The van der Waals surface area contributed by atoms with Gasteiger partial charge >= 0.3 is 0 Å². The van der Waals surface area contributed by atoms with Crippen LogP contribution >= 0.6 is 15.9 Å². The summed E-state index contributed by atoms with van der Waals surface area (Å²) >= 11 is 3.16. The van der Waals surface area contributed by atoms with Crippen molar-refractivity contribution < 1.29 is 18.7 Å². The van der Waals surface area contributed by atoms with Crippen LogP contribution in [0.3, 0.4) is 0 Å². The summed E-state index contributed by atoms with van der Waals surface area (Å²) in [4.78, 5) is 23.7. The van der Waals surface area contributed by atoms with Gasteiger partial charge in [-0.2, -0.15) is 0 Å². The lowest BCUT2D eigenvalue weighted by molar-refractivity contribution is -0.118. The van der Waals surface area contributed by atoms with Crippen LogP contribution < -0.4 is 15.4 Å². The SMILES string of the molecule is CCNC(=O)c1cccc(NC(=O)COc2ccc(F)cc2Br)c1. The molecule has 0 saturated heterocycles. The minimum absolute atomic E-state index is 0.208. The van der Waals surface area contributed by atoms with Gasteiger partial charge in [-0.3, -0.25) is 9.59 Å². The standard InChI is InChI=1S/C17H16BrFN2O3/c1-2-20-17(23)11-4-3-5-13(8-11)21-16(22)10-24-15-7-6-12(19)9-14(15)18/h3-9H,2,10H2,1H3,(H,20,23)(H,21,22). The summed E-state index contributed by atoms with van der Waals surface area (Å²) in [5.41, 5.74) is 0.947. The first-order chi connectivity index (χ1) is 11.5. The van der Waals surface area contributed by atoms with Gasteiger partial charge in [0.2, 0.25) is 0 Å². The van der Waals surface area contributed by atoms with Gasteiger partial charge in [0, 0.05) is 17.8 Å². The van der Waals surface area contributed by atoms with Gasteiger partial charge in [-0.05, 0) is 59.3 Å². The Morgan fingerprint density at radius 1 is 1.21 bits per heavy atom. The second-order valence-corrected chi connectivity index (χ2v) is 5.71. The average molecular weight is 395 g/mol. The number of nitrogens with one attached hydrogen (secondary N) is 2. The molecule has 0 saturated carbocycles. The predicted octanol–water partition coefficient (Wildman–Crippen LogP) is 3.36. The highest BCUT2D eigenvalue weighted by Gasteiger charge is 2.09. The number of rotatable bonds is 6. The van der Waals surface area contributed by atoms with Crippen LogP contribution in [-0.2, 0) is 4.79 Å². The summed E-state index contributed by atoms with van der Waals surface area (Å²) in [6.45, 7) is 2.11. The molecule has 5 nitrogen and oxygen atoms in total. The molecule has 2 amide bonds. The third-order valence-corrected chi connectivity index (χ3v) is 3.62. The molecule has 2 aromatic rings. The maximum Gasteiger partial charge on any atom is 0.262 e. The summed E-state index contributed by atoms with van der Waals surface area (Å²) in [6.07, 6.45) is 0. The summed E-state index contributed by atoms with van der Waals surface area (Å²) in [6, 6.07) is 10.5. The van der Waals surface area contributed by atoms with Gasteiger partial charge in [0.1, 0.15) is 11.6 Å². The Kier molecular flexibility index (Phi) is 6.31. The lowest BCUT2D eigenvalue weighted by atomic mass is 10.2. The minimum Gasteiger partial charge on any atom is -0.483 e. The topological polar surface area (TPSA) is 67.4 Å². The zero-order valence-electron chi connectivity index (χ0n) is 12.9. The number of anilines is 1. The molecule has 0 aliphatic carbocycles. The van der Waals surface area contributed by atoms with E-state index < -0.39 is 5.82 Å². The Hall–Kier alpha value is -2.41. The molecule has 0 radical (unpaired) electrons. The van der Waals surface area contributed by atoms with Crippen LogP contribution in [0.15, 0.2) is 46.9 Å².